The van der Waals surface area contributed by atoms with Gasteiger partial charge in [0, 0.05) is 37.9 Å². The fraction of sp³-hybridized carbons (Fsp3) is 0.286. The highest BCUT2D eigenvalue weighted by atomic mass is 16.5. The van der Waals surface area contributed by atoms with Gasteiger partial charge in [-0.1, -0.05) is 12.1 Å². The van der Waals surface area contributed by atoms with Gasteiger partial charge in [-0.25, -0.2) is 9.79 Å². The van der Waals surface area contributed by atoms with E-state index in [0.717, 1.165) is 52.9 Å². The highest BCUT2D eigenvalue weighted by Crippen LogP contribution is 2.40. The molecule has 0 unspecified atom stereocenters. The van der Waals surface area contributed by atoms with Gasteiger partial charge in [0.05, 0.1) is 19.8 Å². The molecule has 1 N–H and O–H groups in total. The van der Waals surface area contributed by atoms with Crippen LogP contribution in [0.5, 0.6) is 23.0 Å². The minimum absolute atomic E-state index is 0.126. The van der Waals surface area contributed by atoms with Gasteiger partial charge in [0.15, 0.2) is 5.75 Å². The average Bonchev–Trinajstić information content (AvgIpc) is 3.23. The van der Waals surface area contributed by atoms with Crippen LogP contribution in [0.25, 0.3) is 0 Å². The summed E-state index contributed by atoms with van der Waals surface area (Å²) in [5, 5.41) is 2.99. The maximum atomic E-state index is 13.0. The number of aliphatic imine (C=N–C) groups is 1. The number of nitrogens with zero attached hydrogens (tertiary/aromatic N) is 3. The summed E-state index contributed by atoms with van der Waals surface area (Å²) in [6.45, 7) is 4.66. The van der Waals surface area contributed by atoms with Crippen LogP contribution in [0.1, 0.15) is 17.5 Å². The molecule has 8 heteroatoms. The zero-order chi connectivity index (χ0) is 25.1. The summed E-state index contributed by atoms with van der Waals surface area (Å²) in [6, 6.07) is 19.1. The van der Waals surface area contributed by atoms with E-state index in [9.17, 15) is 4.79 Å². The number of amides is 2. The smallest absolute Gasteiger partial charge is 0.321 e. The summed E-state index contributed by atoms with van der Waals surface area (Å²) in [5.74, 6) is 3.72. The normalized spacial score (nSPS) is 14.9. The van der Waals surface area contributed by atoms with Gasteiger partial charge >= 0.3 is 6.03 Å². The van der Waals surface area contributed by atoms with E-state index >= 15 is 0 Å². The van der Waals surface area contributed by atoms with Crippen molar-refractivity contribution in [3.05, 3.63) is 71.8 Å². The molecule has 0 radical (unpaired) electrons. The second kappa shape index (κ2) is 10.2. The van der Waals surface area contributed by atoms with Crippen LogP contribution in [0.4, 0.5) is 16.2 Å². The average molecular weight is 487 g/mol. The molecule has 0 atom stereocenters. The van der Waals surface area contributed by atoms with Crippen LogP contribution < -0.4 is 19.5 Å². The third kappa shape index (κ3) is 4.93. The number of carbonyl (C=O) groups is 1. The van der Waals surface area contributed by atoms with Crippen LogP contribution in [0, 0.1) is 6.92 Å². The topological polar surface area (TPSA) is 75.6 Å². The summed E-state index contributed by atoms with van der Waals surface area (Å²) in [7, 11) is 3.26. The molecule has 0 spiro atoms. The van der Waals surface area contributed by atoms with Gasteiger partial charge in [-0.3, -0.25) is 0 Å². The Morgan fingerprint density at radius 3 is 2.58 bits per heavy atom. The Kier molecular flexibility index (Phi) is 6.66. The Labute approximate surface area is 211 Å². The Morgan fingerprint density at radius 1 is 0.917 bits per heavy atom. The van der Waals surface area contributed by atoms with Crippen molar-refractivity contribution in [3.63, 3.8) is 0 Å². The van der Waals surface area contributed by atoms with Gasteiger partial charge in [0.25, 0.3) is 0 Å². The Balaban J connectivity index is 1.39. The van der Waals surface area contributed by atoms with Crippen molar-refractivity contribution >= 4 is 23.2 Å². The molecule has 2 heterocycles. The predicted molar refractivity (Wildman–Crippen MR) is 140 cm³/mol. The Bertz CT molecular complexity index is 1310. The lowest BCUT2D eigenvalue weighted by Gasteiger charge is -2.25. The SMILES string of the molecule is COc1cccc(NC(=O)N2CCCN(C3=Nc4ccc(C)cc4Oc4ccc(OC)cc43)CC2)c1. The quantitative estimate of drug-likeness (QED) is 0.534. The zero-order valence-corrected chi connectivity index (χ0v) is 20.8. The molecule has 0 saturated carbocycles. The highest BCUT2D eigenvalue weighted by molar-refractivity contribution is 6.04. The Morgan fingerprint density at radius 2 is 1.75 bits per heavy atom. The third-order valence-corrected chi connectivity index (χ3v) is 6.39. The number of methoxy groups -OCH3 is 2. The van der Waals surface area contributed by atoms with E-state index in [4.69, 9.17) is 19.2 Å². The van der Waals surface area contributed by atoms with E-state index in [1.807, 2.05) is 72.5 Å². The van der Waals surface area contributed by atoms with E-state index in [1.54, 1.807) is 14.2 Å². The third-order valence-electron chi connectivity index (χ3n) is 6.39. The number of nitrogens with one attached hydrogen (secondary N) is 1. The number of hydrogen-bond acceptors (Lipinski definition) is 6. The molecule has 1 saturated heterocycles. The summed E-state index contributed by atoms with van der Waals surface area (Å²) in [4.78, 5) is 22.1. The molecule has 1 fully saturated rings. The predicted octanol–water partition coefficient (Wildman–Crippen LogP) is 5.44. The molecule has 0 aromatic heterocycles. The number of carbonyl (C=O) groups excluding carboxylic acids is 1. The molecular formula is C28H30N4O4. The van der Waals surface area contributed by atoms with Crippen LogP contribution in [-0.4, -0.2) is 62.1 Å². The minimum atomic E-state index is -0.126. The van der Waals surface area contributed by atoms with E-state index in [2.05, 4.69) is 10.2 Å². The van der Waals surface area contributed by atoms with Gasteiger partial charge in [-0.2, -0.15) is 0 Å². The molecule has 3 aromatic rings. The van der Waals surface area contributed by atoms with Crippen molar-refractivity contribution in [2.75, 3.05) is 45.7 Å². The first-order chi connectivity index (χ1) is 17.5. The van der Waals surface area contributed by atoms with E-state index in [0.29, 0.717) is 31.1 Å². The number of amidine groups is 1. The summed E-state index contributed by atoms with van der Waals surface area (Å²) < 4.78 is 17.1. The number of rotatable bonds is 3. The molecule has 0 aliphatic carbocycles. The van der Waals surface area contributed by atoms with Crippen LogP contribution in [0.15, 0.2) is 65.7 Å². The summed E-state index contributed by atoms with van der Waals surface area (Å²) in [5.41, 5.74) is 3.47. The highest BCUT2D eigenvalue weighted by Gasteiger charge is 2.27. The van der Waals surface area contributed by atoms with Gasteiger partial charge < -0.3 is 29.3 Å². The monoisotopic (exact) mass is 486 g/mol. The van der Waals surface area contributed by atoms with Crippen molar-refractivity contribution in [3.8, 4) is 23.0 Å². The van der Waals surface area contributed by atoms with Gasteiger partial charge in [-0.05, 0) is 61.4 Å². The van der Waals surface area contributed by atoms with Crippen LogP contribution in [0.3, 0.4) is 0 Å². The lowest BCUT2D eigenvalue weighted by Crippen LogP contribution is -2.39. The number of urea groups is 1. The largest absolute Gasteiger partial charge is 0.497 e. The van der Waals surface area contributed by atoms with Crippen molar-refractivity contribution in [2.24, 2.45) is 4.99 Å². The molecule has 186 valence electrons. The molecule has 3 aromatic carbocycles. The maximum absolute atomic E-state index is 13.0. The number of fused-ring (bicyclic) bond motifs is 2. The minimum Gasteiger partial charge on any atom is -0.497 e. The molecule has 8 nitrogen and oxygen atoms in total. The van der Waals surface area contributed by atoms with Crippen LogP contribution >= 0.6 is 0 Å². The standard InChI is InChI=1S/C28H30N4O4/c1-19-8-10-24-26(16-19)36-25-11-9-22(35-3)18-23(25)27(30-24)31-12-5-13-32(15-14-31)28(33)29-20-6-4-7-21(17-20)34-2/h4,6-11,16-18H,5,12-15H2,1-3H3,(H,29,33). The zero-order valence-electron chi connectivity index (χ0n) is 20.8. The summed E-state index contributed by atoms with van der Waals surface area (Å²) in [6.07, 6.45) is 0.811. The van der Waals surface area contributed by atoms with Gasteiger partial charge in [0.1, 0.15) is 28.8 Å². The van der Waals surface area contributed by atoms with Crippen LogP contribution in [0.2, 0.25) is 0 Å². The van der Waals surface area contributed by atoms with E-state index in [-0.39, 0.29) is 6.03 Å². The first kappa shape index (κ1) is 23.5. The lowest BCUT2D eigenvalue weighted by atomic mass is 10.1. The number of benzene rings is 3. The molecule has 2 aliphatic heterocycles. The van der Waals surface area contributed by atoms with Gasteiger partial charge in [-0.15, -0.1) is 0 Å². The first-order valence-corrected chi connectivity index (χ1v) is 12.0. The fourth-order valence-corrected chi connectivity index (χ4v) is 4.46. The molecule has 0 bridgehead atoms. The number of hydrogen-bond donors (Lipinski definition) is 1. The second-order valence-electron chi connectivity index (χ2n) is 8.86. The molecular weight excluding hydrogens is 456 g/mol. The fourth-order valence-electron chi connectivity index (χ4n) is 4.46. The Hall–Kier alpha value is -4.20. The van der Waals surface area contributed by atoms with Crippen molar-refractivity contribution < 1.29 is 19.0 Å². The molecule has 2 amide bonds. The molecule has 36 heavy (non-hydrogen) atoms. The van der Waals surface area contributed by atoms with Crippen molar-refractivity contribution in [1.82, 2.24) is 9.80 Å². The number of anilines is 1. The van der Waals surface area contributed by atoms with E-state index in [1.165, 1.54) is 0 Å². The van der Waals surface area contributed by atoms with Crippen LogP contribution in [-0.2, 0) is 0 Å². The lowest BCUT2D eigenvalue weighted by molar-refractivity contribution is 0.214. The maximum Gasteiger partial charge on any atom is 0.321 e. The van der Waals surface area contributed by atoms with Crippen molar-refractivity contribution in [1.29, 1.82) is 0 Å². The molecule has 2 aliphatic rings. The number of ether oxygens (including phenoxy) is 3. The van der Waals surface area contributed by atoms with Crippen molar-refractivity contribution in [2.45, 2.75) is 13.3 Å². The van der Waals surface area contributed by atoms with E-state index < -0.39 is 0 Å². The second-order valence-corrected chi connectivity index (χ2v) is 8.86. The van der Waals surface area contributed by atoms with Gasteiger partial charge in [0.2, 0.25) is 0 Å². The first-order valence-electron chi connectivity index (χ1n) is 12.0. The number of aryl methyl sites for hydroxylation is 1. The summed E-state index contributed by atoms with van der Waals surface area (Å²) >= 11 is 0. The molecule has 5 rings (SSSR count).